The number of pyridine rings is 1. The number of rotatable bonds is 0. The van der Waals surface area contributed by atoms with Crippen LogP contribution in [0, 0.1) is 0 Å². The van der Waals surface area contributed by atoms with Gasteiger partial charge >= 0.3 is 0 Å². The van der Waals surface area contributed by atoms with E-state index in [-0.39, 0.29) is 5.56 Å². The third kappa shape index (κ3) is 1.45. The van der Waals surface area contributed by atoms with E-state index >= 15 is 0 Å². The van der Waals surface area contributed by atoms with Gasteiger partial charge in [0.15, 0.2) is 0 Å². The molecule has 0 aliphatic heterocycles. The molecule has 0 bridgehead atoms. The maximum absolute atomic E-state index is 12.5. The van der Waals surface area contributed by atoms with Crippen LogP contribution in [0.3, 0.4) is 0 Å². The third-order valence-corrected chi connectivity index (χ3v) is 3.67. The monoisotopic (exact) mass is 248 g/mol. The summed E-state index contributed by atoms with van der Waals surface area (Å²) in [6.07, 6.45) is 7.56. The summed E-state index contributed by atoms with van der Waals surface area (Å²) in [7, 11) is 0. The number of benzene rings is 1. The molecule has 3 heteroatoms. The highest BCUT2D eigenvalue weighted by Gasteiger charge is 2.13. The molecule has 19 heavy (non-hydrogen) atoms. The number of hydrogen-bond acceptors (Lipinski definition) is 2. The van der Waals surface area contributed by atoms with Crippen molar-refractivity contribution in [3.63, 3.8) is 0 Å². The lowest BCUT2D eigenvalue weighted by atomic mass is 10.0. The van der Waals surface area contributed by atoms with Crippen LogP contribution in [0.5, 0.6) is 0 Å². The van der Waals surface area contributed by atoms with Crippen LogP contribution in [-0.2, 0) is 6.42 Å². The SMILES string of the molecule is O=c1c2c(nc3c4ccccc4ccn13)CCC=C2. The van der Waals surface area contributed by atoms with Gasteiger partial charge in [-0.2, -0.15) is 0 Å². The average molecular weight is 248 g/mol. The summed E-state index contributed by atoms with van der Waals surface area (Å²) in [4.78, 5) is 17.2. The number of fused-ring (bicyclic) bond motifs is 4. The number of allylic oxidation sites excluding steroid dienone is 1. The van der Waals surface area contributed by atoms with Gasteiger partial charge in [0.05, 0.1) is 11.3 Å². The van der Waals surface area contributed by atoms with E-state index in [1.165, 1.54) is 0 Å². The Morgan fingerprint density at radius 3 is 3.00 bits per heavy atom. The number of aryl methyl sites for hydroxylation is 1. The van der Waals surface area contributed by atoms with E-state index in [1.807, 2.05) is 48.7 Å². The van der Waals surface area contributed by atoms with E-state index in [0.29, 0.717) is 0 Å². The summed E-state index contributed by atoms with van der Waals surface area (Å²) in [5, 5.41) is 2.14. The van der Waals surface area contributed by atoms with Crippen molar-refractivity contribution in [1.82, 2.24) is 9.38 Å². The first kappa shape index (κ1) is 10.5. The summed E-state index contributed by atoms with van der Waals surface area (Å²) in [5.74, 6) is 0. The van der Waals surface area contributed by atoms with Crippen molar-refractivity contribution in [2.45, 2.75) is 12.8 Å². The van der Waals surface area contributed by atoms with Crippen LogP contribution in [0.4, 0.5) is 0 Å². The fourth-order valence-corrected chi connectivity index (χ4v) is 2.70. The Kier molecular flexibility index (Phi) is 2.09. The average Bonchev–Trinajstić information content (AvgIpc) is 2.47. The Morgan fingerprint density at radius 2 is 2.05 bits per heavy atom. The Bertz CT molecular complexity index is 890. The number of aromatic nitrogens is 2. The largest absolute Gasteiger partial charge is 0.268 e. The second-order valence-electron chi connectivity index (χ2n) is 4.81. The molecular weight excluding hydrogens is 236 g/mol. The van der Waals surface area contributed by atoms with Crippen molar-refractivity contribution < 1.29 is 0 Å². The lowest BCUT2D eigenvalue weighted by Crippen LogP contribution is -2.21. The highest BCUT2D eigenvalue weighted by Crippen LogP contribution is 2.20. The van der Waals surface area contributed by atoms with Gasteiger partial charge in [-0.05, 0) is 24.3 Å². The van der Waals surface area contributed by atoms with Crippen LogP contribution in [0.25, 0.3) is 22.5 Å². The molecule has 0 N–H and O–H groups in total. The highest BCUT2D eigenvalue weighted by molar-refractivity contribution is 5.93. The molecule has 3 nitrogen and oxygen atoms in total. The van der Waals surface area contributed by atoms with Crippen molar-refractivity contribution in [2.75, 3.05) is 0 Å². The fourth-order valence-electron chi connectivity index (χ4n) is 2.70. The molecule has 2 aromatic heterocycles. The first-order chi connectivity index (χ1) is 9.34. The van der Waals surface area contributed by atoms with Gasteiger partial charge in [-0.15, -0.1) is 0 Å². The van der Waals surface area contributed by atoms with Gasteiger partial charge in [-0.25, -0.2) is 4.98 Å². The fraction of sp³-hybridized carbons (Fsp3) is 0.125. The predicted molar refractivity (Wildman–Crippen MR) is 76.3 cm³/mol. The molecule has 0 saturated heterocycles. The summed E-state index contributed by atoms with van der Waals surface area (Å²) >= 11 is 0. The van der Waals surface area contributed by atoms with Crippen LogP contribution >= 0.6 is 0 Å². The van der Waals surface area contributed by atoms with Gasteiger partial charge in [-0.1, -0.05) is 36.4 Å². The molecule has 1 aromatic carbocycles. The first-order valence-corrected chi connectivity index (χ1v) is 6.44. The van der Waals surface area contributed by atoms with E-state index in [9.17, 15) is 4.79 Å². The van der Waals surface area contributed by atoms with Crippen molar-refractivity contribution in [2.24, 2.45) is 0 Å². The van der Waals surface area contributed by atoms with Gasteiger partial charge < -0.3 is 0 Å². The molecule has 2 heterocycles. The molecule has 1 aliphatic rings. The molecular formula is C16H12N2O. The van der Waals surface area contributed by atoms with Crippen molar-refractivity contribution in [1.29, 1.82) is 0 Å². The van der Waals surface area contributed by atoms with E-state index < -0.39 is 0 Å². The lowest BCUT2D eigenvalue weighted by molar-refractivity contribution is 0.898. The molecule has 0 amide bonds. The summed E-state index contributed by atoms with van der Waals surface area (Å²) in [6.45, 7) is 0. The van der Waals surface area contributed by atoms with Crippen molar-refractivity contribution in [3.05, 3.63) is 64.2 Å². The van der Waals surface area contributed by atoms with Gasteiger partial charge in [-0.3, -0.25) is 9.20 Å². The minimum absolute atomic E-state index is 0.0294. The second kappa shape index (κ2) is 3.79. The van der Waals surface area contributed by atoms with Crippen molar-refractivity contribution >= 4 is 22.5 Å². The molecule has 0 saturated carbocycles. The van der Waals surface area contributed by atoms with Crippen LogP contribution in [0.15, 0.2) is 47.4 Å². The zero-order valence-electron chi connectivity index (χ0n) is 10.3. The standard InChI is InChI=1S/C16H12N2O/c19-16-13-7-3-4-8-14(13)17-15-12-6-2-1-5-11(12)9-10-18(15)16/h1-3,5-7,9-10H,4,8H2. The molecule has 0 radical (unpaired) electrons. The zero-order chi connectivity index (χ0) is 12.8. The molecule has 0 spiro atoms. The van der Waals surface area contributed by atoms with Crippen LogP contribution in [0.2, 0.25) is 0 Å². The van der Waals surface area contributed by atoms with E-state index in [1.54, 1.807) is 4.40 Å². The number of hydrogen-bond donors (Lipinski definition) is 0. The molecule has 0 unspecified atom stereocenters. The number of nitrogens with zero attached hydrogens (tertiary/aromatic N) is 2. The molecule has 4 rings (SSSR count). The quantitative estimate of drug-likeness (QED) is 0.573. The Morgan fingerprint density at radius 1 is 1.16 bits per heavy atom. The predicted octanol–water partition coefficient (Wildman–Crippen LogP) is 2.81. The maximum atomic E-state index is 12.5. The van der Waals surface area contributed by atoms with E-state index in [4.69, 9.17) is 4.98 Å². The summed E-state index contributed by atoms with van der Waals surface area (Å²) in [6, 6.07) is 10.00. The molecule has 92 valence electrons. The Balaban J connectivity index is 2.25. The van der Waals surface area contributed by atoms with Crippen molar-refractivity contribution in [3.8, 4) is 0 Å². The highest BCUT2D eigenvalue weighted by atomic mass is 16.1. The van der Waals surface area contributed by atoms with Crippen LogP contribution in [-0.4, -0.2) is 9.38 Å². The molecule has 1 aliphatic carbocycles. The van der Waals surface area contributed by atoms with Gasteiger partial charge in [0, 0.05) is 11.6 Å². The third-order valence-electron chi connectivity index (χ3n) is 3.67. The second-order valence-corrected chi connectivity index (χ2v) is 4.81. The normalized spacial score (nSPS) is 13.9. The zero-order valence-corrected chi connectivity index (χ0v) is 10.3. The van der Waals surface area contributed by atoms with E-state index in [0.717, 1.165) is 40.5 Å². The maximum Gasteiger partial charge on any atom is 0.265 e. The first-order valence-electron chi connectivity index (χ1n) is 6.44. The van der Waals surface area contributed by atoms with Gasteiger partial charge in [0.1, 0.15) is 5.65 Å². The Labute approximate surface area is 109 Å². The lowest BCUT2D eigenvalue weighted by Gasteiger charge is -2.12. The molecule has 0 fully saturated rings. The molecule has 3 aromatic rings. The van der Waals surface area contributed by atoms with E-state index in [2.05, 4.69) is 0 Å². The minimum atomic E-state index is 0.0294. The topological polar surface area (TPSA) is 34.4 Å². The summed E-state index contributed by atoms with van der Waals surface area (Å²) in [5.41, 5.74) is 2.45. The Hall–Kier alpha value is -2.42. The van der Waals surface area contributed by atoms with Gasteiger partial charge in [0.2, 0.25) is 0 Å². The summed E-state index contributed by atoms with van der Waals surface area (Å²) < 4.78 is 1.65. The van der Waals surface area contributed by atoms with Crippen LogP contribution in [0.1, 0.15) is 17.7 Å². The van der Waals surface area contributed by atoms with Crippen LogP contribution < -0.4 is 5.56 Å². The molecule has 0 atom stereocenters. The van der Waals surface area contributed by atoms with Gasteiger partial charge in [0.25, 0.3) is 5.56 Å². The minimum Gasteiger partial charge on any atom is -0.268 e. The smallest absolute Gasteiger partial charge is 0.265 e.